The van der Waals surface area contributed by atoms with E-state index in [1.807, 2.05) is 6.92 Å². The highest BCUT2D eigenvalue weighted by molar-refractivity contribution is 7.92. The lowest BCUT2D eigenvalue weighted by molar-refractivity contribution is -0.385. The van der Waals surface area contributed by atoms with Gasteiger partial charge in [0.1, 0.15) is 0 Å². The topological polar surface area (TPSA) is 107 Å². The lowest BCUT2D eigenvalue weighted by atomic mass is 10.2. The van der Waals surface area contributed by atoms with Crippen molar-refractivity contribution in [2.45, 2.75) is 25.3 Å². The number of nitrogens with one attached hydrogen (secondary N) is 1. The van der Waals surface area contributed by atoms with Gasteiger partial charge < -0.3 is 0 Å². The molecule has 1 aromatic heterocycles. The first-order chi connectivity index (χ1) is 9.83. The molecule has 0 aliphatic carbocycles. The summed E-state index contributed by atoms with van der Waals surface area (Å²) in [4.78, 5) is 10.0. The standard InChI is InChI=1S/C12H14N4O4S/c1-3-15-8-10(7-13-15)14-21(19,20)12-6-11(16(17)18)5-4-9(12)2/h4-8,14H,3H2,1-2H3. The van der Waals surface area contributed by atoms with Gasteiger partial charge in [0.25, 0.3) is 15.7 Å². The third-order valence-electron chi connectivity index (χ3n) is 2.88. The molecule has 0 saturated heterocycles. The van der Waals surface area contributed by atoms with Crippen molar-refractivity contribution >= 4 is 21.4 Å². The fraction of sp³-hybridized carbons (Fsp3) is 0.250. The van der Waals surface area contributed by atoms with Gasteiger partial charge in [0.2, 0.25) is 0 Å². The van der Waals surface area contributed by atoms with Gasteiger partial charge >= 0.3 is 0 Å². The van der Waals surface area contributed by atoms with E-state index < -0.39 is 14.9 Å². The molecule has 0 atom stereocenters. The molecule has 21 heavy (non-hydrogen) atoms. The highest BCUT2D eigenvalue weighted by atomic mass is 32.2. The predicted molar refractivity (Wildman–Crippen MR) is 76.5 cm³/mol. The molecule has 0 spiro atoms. The van der Waals surface area contributed by atoms with E-state index in [9.17, 15) is 18.5 Å². The fourth-order valence-corrected chi connectivity index (χ4v) is 3.08. The summed E-state index contributed by atoms with van der Waals surface area (Å²) in [6.45, 7) is 4.06. The Balaban J connectivity index is 2.39. The molecule has 0 radical (unpaired) electrons. The van der Waals surface area contributed by atoms with Crippen LogP contribution in [0.4, 0.5) is 11.4 Å². The molecule has 8 nitrogen and oxygen atoms in total. The Morgan fingerprint density at radius 2 is 2.14 bits per heavy atom. The Labute approximate surface area is 121 Å². The van der Waals surface area contributed by atoms with E-state index in [4.69, 9.17) is 0 Å². The Bertz CT molecular complexity index is 782. The smallest absolute Gasteiger partial charge is 0.270 e. The second-order valence-corrected chi connectivity index (χ2v) is 6.05. The SMILES string of the molecule is CCn1cc(NS(=O)(=O)c2cc([N+](=O)[O-])ccc2C)cn1. The van der Waals surface area contributed by atoms with Crippen LogP contribution in [0.3, 0.4) is 0 Å². The van der Waals surface area contributed by atoms with Crippen molar-refractivity contribution in [2.24, 2.45) is 0 Å². The van der Waals surface area contributed by atoms with E-state index in [-0.39, 0.29) is 10.6 Å². The van der Waals surface area contributed by atoms with Crippen LogP contribution < -0.4 is 4.72 Å². The van der Waals surface area contributed by atoms with Gasteiger partial charge in [-0.3, -0.25) is 19.5 Å². The molecule has 0 aliphatic heterocycles. The van der Waals surface area contributed by atoms with Gasteiger partial charge in [-0.15, -0.1) is 0 Å². The molecule has 1 aromatic carbocycles. The Hall–Kier alpha value is -2.42. The van der Waals surface area contributed by atoms with Crippen LogP contribution in [0.1, 0.15) is 12.5 Å². The minimum Gasteiger partial charge on any atom is -0.276 e. The molecule has 2 aromatic rings. The Morgan fingerprint density at radius 3 is 2.71 bits per heavy atom. The maximum absolute atomic E-state index is 12.3. The van der Waals surface area contributed by atoms with Crippen molar-refractivity contribution in [3.05, 3.63) is 46.3 Å². The number of anilines is 1. The summed E-state index contributed by atoms with van der Waals surface area (Å²) < 4.78 is 28.6. The largest absolute Gasteiger partial charge is 0.276 e. The molecule has 1 heterocycles. The average molecular weight is 310 g/mol. The number of aryl methyl sites for hydroxylation is 2. The van der Waals surface area contributed by atoms with Crippen LogP contribution in [0.25, 0.3) is 0 Å². The minimum absolute atomic E-state index is 0.124. The third-order valence-corrected chi connectivity index (χ3v) is 4.40. The number of hydrogen-bond donors (Lipinski definition) is 1. The number of aromatic nitrogens is 2. The first kappa shape index (κ1) is 15.0. The van der Waals surface area contributed by atoms with E-state index in [2.05, 4.69) is 9.82 Å². The van der Waals surface area contributed by atoms with Gasteiger partial charge in [0, 0.05) is 24.9 Å². The van der Waals surface area contributed by atoms with Gasteiger partial charge in [-0.2, -0.15) is 5.10 Å². The Kier molecular flexibility index (Phi) is 3.94. The molecular formula is C12H14N4O4S. The molecule has 0 fully saturated rings. The monoisotopic (exact) mass is 310 g/mol. The fourth-order valence-electron chi connectivity index (χ4n) is 1.79. The number of sulfonamides is 1. The van der Waals surface area contributed by atoms with Crippen LogP contribution in [0.15, 0.2) is 35.5 Å². The summed E-state index contributed by atoms with van der Waals surface area (Å²) in [5.74, 6) is 0. The van der Waals surface area contributed by atoms with Gasteiger partial charge in [-0.25, -0.2) is 8.42 Å². The van der Waals surface area contributed by atoms with Crippen LogP contribution in [0.5, 0.6) is 0 Å². The van der Waals surface area contributed by atoms with E-state index in [1.165, 1.54) is 18.3 Å². The number of hydrogen-bond acceptors (Lipinski definition) is 5. The average Bonchev–Trinajstić information content (AvgIpc) is 2.85. The van der Waals surface area contributed by atoms with Crippen LogP contribution in [-0.4, -0.2) is 23.1 Å². The number of nitrogens with zero attached hydrogens (tertiary/aromatic N) is 3. The van der Waals surface area contributed by atoms with Crippen molar-refractivity contribution in [1.29, 1.82) is 0 Å². The van der Waals surface area contributed by atoms with Crippen molar-refractivity contribution in [1.82, 2.24) is 9.78 Å². The summed E-state index contributed by atoms with van der Waals surface area (Å²) in [7, 11) is -3.90. The van der Waals surface area contributed by atoms with Gasteiger partial charge in [-0.1, -0.05) is 6.07 Å². The molecule has 2 rings (SSSR count). The zero-order valence-corrected chi connectivity index (χ0v) is 12.3. The van der Waals surface area contributed by atoms with Crippen molar-refractivity contribution < 1.29 is 13.3 Å². The summed E-state index contributed by atoms with van der Waals surface area (Å²) in [5, 5.41) is 14.7. The minimum atomic E-state index is -3.90. The van der Waals surface area contributed by atoms with Crippen LogP contribution in [0.2, 0.25) is 0 Å². The summed E-state index contributed by atoms with van der Waals surface area (Å²) in [6, 6.07) is 3.72. The van der Waals surface area contributed by atoms with Gasteiger partial charge in [-0.05, 0) is 19.4 Å². The summed E-state index contributed by atoms with van der Waals surface area (Å²) in [5.41, 5.74) is 0.462. The molecule has 1 N–H and O–H groups in total. The molecule has 0 amide bonds. The molecule has 0 unspecified atom stereocenters. The molecule has 0 bridgehead atoms. The van der Waals surface area contributed by atoms with Crippen molar-refractivity contribution in [2.75, 3.05) is 4.72 Å². The predicted octanol–water partition coefficient (Wildman–Crippen LogP) is 1.92. The molecule has 0 aliphatic rings. The van der Waals surface area contributed by atoms with E-state index in [1.54, 1.807) is 17.8 Å². The van der Waals surface area contributed by atoms with Crippen LogP contribution in [0, 0.1) is 17.0 Å². The van der Waals surface area contributed by atoms with Crippen molar-refractivity contribution in [3.63, 3.8) is 0 Å². The second-order valence-electron chi connectivity index (χ2n) is 4.40. The van der Waals surface area contributed by atoms with Gasteiger partial charge in [0.15, 0.2) is 0 Å². The maximum Gasteiger partial charge on any atom is 0.270 e. The molecule has 112 valence electrons. The number of rotatable bonds is 5. The molecule has 0 saturated carbocycles. The quantitative estimate of drug-likeness (QED) is 0.670. The lowest BCUT2D eigenvalue weighted by Crippen LogP contribution is -2.14. The lowest BCUT2D eigenvalue weighted by Gasteiger charge is -2.08. The third kappa shape index (κ3) is 3.19. The van der Waals surface area contributed by atoms with E-state index in [0.29, 0.717) is 17.8 Å². The summed E-state index contributed by atoms with van der Waals surface area (Å²) in [6.07, 6.45) is 2.93. The normalized spacial score (nSPS) is 11.3. The highest BCUT2D eigenvalue weighted by Crippen LogP contribution is 2.23. The van der Waals surface area contributed by atoms with Gasteiger partial charge in [0.05, 0.1) is 21.7 Å². The molecular weight excluding hydrogens is 296 g/mol. The number of non-ortho nitro benzene ring substituents is 1. The number of benzene rings is 1. The second kappa shape index (κ2) is 5.52. The highest BCUT2D eigenvalue weighted by Gasteiger charge is 2.21. The first-order valence-electron chi connectivity index (χ1n) is 6.14. The zero-order valence-electron chi connectivity index (χ0n) is 11.5. The molecule has 9 heteroatoms. The first-order valence-corrected chi connectivity index (χ1v) is 7.62. The maximum atomic E-state index is 12.3. The number of nitro benzene ring substituents is 1. The van der Waals surface area contributed by atoms with Crippen LogP contribution in [-0.2, 0) is 16.6 Å². The van der Waals surface area contributed by atoms with Crippen molar-refractivity contribution in [3.8, 4) is 0 Å². The van der Waals surface area contributed by atoms with Crippen LogP contribution >= 0.6 is 0 Å². The zero-order chi connectivity index (χ0) is 15.6. The van der Waals surface area contributed by atoms with E-state index >= 15 is 0 Å². The van der Waals surface area contributed by atoms with E-state index in [0.717, 1.165) is 6.07 Å². The number of nitro groups is 1. The Morgan fingerprint density at radius 1 is 1.43 bits per heavy atom. The summed E-state index contributed by atoms with van der Waals surface area (Å²) >= 11 is 0.